The van der Waals surface area contributed by atoms with Gasteiger partial charge < -0.3 is 10.1 Å². The summed E-state index contributed by atoms with van der Waals surface area (Å²) in [6, 6.07) is 4.86. The number of methoxy groups -OCH3 is 1. The quantitative estimate of drug-likeness (QED) is 0.847. The normalized spacial score (nSPS) is 16.2. The fourth-order valence-electron chi connectivity index (χ4n) is 2.89. The summed E-state index contributed by atoms with van der Waals surface area (Å²) in [6.45, 7) is 10.9. The second kappa shape index (κ2) is 6.53. The molecule has 108 valence electrons. The van der Waals surface area contributed by atoms with Crippen LogP contribution in [0.2, 0.25) is 0 Å². The minimum atomic E-state index is -0.126. The molecule has 1 aromatic carbocycles. The summed E-state index contributed by atoms with van der Waals surface area (Å²) in [5, 5.41) is 3.44. The van der Waals surface area contributed by atoms with Crippen LogP contribution in [0.5, 0.6) is 0 Å². The van der Waals surface area contributed by atoms with Crippen molar-refractivity contribution in [1.29, 1.82) is 0 Å². The molecule has 0 aliphatic rings. The Bertz CT molecular complexity index is 398. The van der Waals surface area contributed by atoms with Crippen LogP contribution in [-0.2, 0) is 11.2 Å². The van der Waals surface area contributed by atoms with E-state index < -0.39 is 0 Å². The number of hydrogen-bond acceptors (Lipinski definition) is 2. The van der Waals surface area contributed by atoms with Gasteiger partial charge in [-0.1, -0.05) is 24.6 Å². The Morgan fingerprint density at radius 2 is 1.74 bits per heavy atom. The highest BCUT2D eigenvalue weighted by atomic mass is 16.5. The summed E-state index contributed by atoms with van der Waals surface area (Å²) in [7, 11) is 3.83. The zero-order valence-electron chi connectivity index (χ0n) is 13.6. The van der Waals surface area contributed by atoms with Gasteiger partial charge in [0.1, 0.15) is 0 Å². The molecule has 0 heterocycles. The van der Waals surface area contributed by atoms with E-state index in [0.29, 0.717) is 6.04 Å². The van der Waals surface area contributed by atoms with Gasteiger partial charge in [0, 0.05) is 13.2 Å². The molecular weight excluding hydrogens is 234 g/mol. The third-order valence-electron chi connectivity index (χ3n) is 4.50. The van der Waals surface area contributed by atoms with E-state index in [4.69, 9.17) is 4.74 Å². The van der Waals surface area contributed by atoms with Crippen molar-refractivity contribution < 1.29 is 4.74 Å². The van der Waals surface area contributed by atoms with E-state index in [1.54, 1.807) is 0 Å². The van der Waals surface area contributed by atoms with Crippen LogP contribution in [0, 0.1) is 20.8 Å². The molecule has 2 atom stereocenters. The van der Waals surface area contributed by atoms with Crippen molar-refractivity contribution in [3.05, 3.63) is 34.4 Å². The molecule has 0 fully saturated rings. The number of rotatable bonds is 6. The van der Waals surface area contributed by atoms with Crippen molar-refractivity contribution in [3.63, 3.8) is 0 Å². The van der Waals surface area contributed by atoms with E-state index in [0.717, 1.165) is 12.8 Å². The van der Waals surface area contributed by atoms with Crippen molar-refractivity contribution in [1.82, 2.24) is 5.32 Å². The fourth-order valence-corrected chi connectivity index (χ4v) is 2.89. The lowest BCUT2D eigenvalue weighted by Gasteiger charge is -2.36. The van der Waals surface area contributed by atoms with Crippen LogP contribution < -0.4 is 5.32 Å². The van der Waals surface area contributed by atoms with Crippen molar-refractivity contribution >= 4 is 0 Å². The molecule has 0 saturated carbocycles. The Hall–Kier alpha value is -0.860. The van der Waals surface area contributed by atoms with Crippen LogP contribution in [-0.4, -0.2) is 25.8 Å². The molecule has 1 aromatic rings. The van der Waals surface area contributed by atoms with Crippen LogP contribution in [0.15, 0.2) is 12.1 Å². The third kappa shape index (κ3) is 3.58. The van der Waals surface area contributed by atoms with E-state index in [-0.39, 0.29) is 5.60 Å². The summed E-state index contributed by atoms with van der Waals surface area (Å²) in [5.41, 5.74) is 5.42. The Morgan fingerprint density at radius 3 is 2.11 bits per heavy atom. The Kier molecular flexibility index (Phi) is 5.57. The van der Waals surface area contributed by atoms with Gasteiger partial charge in [-0.2, -0.15) is 0 Å². The molecule has 1 N–H and O–H groups in total. The first kappa shape index (κ1) is 16.2. The monoisotopic (exact) mass is 263 g/mol. The van der Waals surface area contributed by atoms with Gasteiger partial charge in [-0.3, -0.25) is 0 Å². The minimum Gasteiger partial charge on any atom is -0.377 e. The van der Waals surface area contributed by atoms with Crippen LogP contribution in [0.4, 0.5) is 0 Å². The van der Waals surface area contributed by atoms with Gasteiger partial charge in [0.15, 0.2) is 0 Å². The smallest absolute Gasteiger partial charge is 0.0803 e. The summed E-state index contributed by atoms with van der Waals surface area (Å²) in [4.78, 5) is 0. The van der Waals surface area contributed by atoms with E-state index in [2.05, 4.69) is 52.1 Å². The summed E-state index contributed by atoms with van der Waals surface area (Å²) in [6.07, 6.45) is 2.01. The molecule has 1 rings (SSSR count). The minimum absolute atomic E-state index is 0.126. The first-order valence-corrected chi connectivity index (χ1v) is 7.17. The SMILES string of the molecule is CCC(C)(OC)C(Cc1c(C)cc(C)cc1C)NC. The van der Waals surface area contributed by atoms with Gasteiger partial charge in [-0.25, -0.2) is 0 Å². The molecule has 0 spiro atoms. The molecule has 0 aliphatic heterocycles. The summed E-state index contributed by atoms with van der Waals surface area (Å²) in [5.74, 6) is 0. The van der Waals surface area contributed by atoms with Crippen LogP contribution >= 0.6 is 0 Å². The molecule has 0 amide bonds. The number of likely N-dealkylation sites (N-methyl/N-ethyl adjacent to an activating group) is 1. The molecule has 0 saturated heterocycles. The first-order valence-electron chi connectivity index (χ1n) is 7.17. The fraction of sp³-hybridized carbons (Fsp3) is 0.647. The number of nitrogens with one attached hydrogen (secondary N) is 1. The van der Waals surface area contributed by atoms with E-state index in [1.807, 2.05) is 14.2 Å². The second-order valence-corrected chi connectivity index (χ2v) is 5.79. The molecule has 2 nitrogen and oxygen atoms in total. The molecule has 0 bridgehead atoms. The number of hydrogen-bond donors (Lipinski definition) is 1. The van der Waals surface area contributed by atoms with Gasteiger partial charge in [-0.15, -0.1) is 0 Å². The molecule has 2 heteroatoms. The average molecular weight is 263 g/mol. The van der Waals surface area contributed by atoms with Crippen LogP contribution in [0.3, 0.4) is 0 Å². The van der Waals surface area contributed by atoms with Gasteiger partial charge in [0.05, 0.1) is 5.60 Å². The number of aryl methyl sites for hydroxylation is 3. The lowest BCUT2D eigenvalue weighted by molar-refractivity contribution is -0.0269. The van der Waals surface area contributed by atoms with E-state index in [1.165, 1.54) is 22.3 Å². The van der Waals surface area contributed by atoms with Crippen molar-refractivity contribution in [3.8, 4) is 0 Å². The molecular formula is C17H29NO. The summed E-state index contributed by atoms with van der Waals surface area (Å²) < 4.78 is 5.75. The Labute approximate surface area is 118 Å². The standard InChI is InChI=1S/C17H29NO/c1-8-17(5,19-7)16(18-6)11-15-13(3)9-12(2)10-14(15)4/h9-10,16,18H,8,11H2,1-7H3. The van der Waals surface area contributed by atoms with Gasteiger partial charge in [-0.05, 0) is 64.3 Å². The highest BCUT2D eigenvalue weighted by Gasteiger charge is 2.32. The summed E-state index contributed by atoms with van der Waals surface area (Å²) >= 11 is 0. The predicted octanol–water partition coefficient (Wildman–Crippen LogP) is 3.56. The highest BCUT2D eigenvalue weighted by molar-refractivity contribution is 5.38. The zero-order valence-corrected chi connectivity index (χ0v) is 13.6. The molecule has 0 aliphatic carbocycles. The maximum absolute atomic E-state index is 5.75. The van der Waals surface area contributed by atoms with Gasteiger partial charge >= 0.3 is 0 Å². The van der Waals surface area contributed by atoms with Gasteiger partial charge in [0.25, 0.3) is 0 Å². The molecule has 0 radical (unpaired) electrons. The molecule has 0 aromatic heterocycles. The van der Waals surface area contributed by atoms with Crippen LogP contribution in [0.25, 0.3) is 0 Å². The lowest BCUT2D eigenvalue weighted by Crippen LogP contribution is -2.50. The maximum atomic E-state index is 5.75. The van der Waals surface area contributed by atoms with E-state index in [9.17, 15) is 0 Å². The van der Waals surface area contributed by atoms with Gasteiger partial charge in [0.2, 0.25) is 0 Å². The molecule has 2 unspecified atom stereocenters. The van der Waals surface area contributed by atoms with E-state index >= 15 is 0 Å². The van der Waals surface area contributed by atoms with Crippen molar-refractivity contribution in [2.24, 2.45) is 0 Å². The highest BCUT2D eigenvalue weighted by Crippen LogP contribution is 2.25. The zero-order chi connectivity index (χ0) is 14.6. The largest absolute Gasteiger partial charge is 0.377 e. The van der Waals surface area contributed by atoms with Crippen molar-refractivity contribution in [2.45, 2.75) is 59.1 Å². The topological polar surface area (TPSA) is 21.3 Å². The lowest BCUT2D eigenvalue weighted by atomic mass is 9.85. The third-order valence-corrected chi connectivity index (χ3v) is 4.50. The number of ether oxygens (including phenoxy) is 1. The van der Waals surface area contributed by atoms with Crippen LogP contribution in [0.1, 0.15) is 42.5 Å². The number of benzene rings is 1. The molecule has 19 heavy (non-hydrogen) atoms. The maximum Gasteiger partial charge on any atom is 0.0803 e. The predicted molar refractivity (Wildman–Crippen MR) is 82.9 cm³/mol. The Morgan fingerprint density at radius 1 is 1.21 bits per heavy atom. The first-order chi connectivity index (χ1) is 8.87. The second-order valence-electron chi connectivity index (χ2n) is 5.79. The average Bonchev–Trinajstić information content (AvgIpc) is 2.37. The Balaban J connectivity index is 3.06. The van der Waals surface area contributed by atoms with Crippen molar-refractivity contribution in [2.75, 3.05) is 14.2 Å².